The number of aliphatic carboxylic acids is 1. The fourth-order valence-electron chi connectivity index (χ4n) is 2.46. The molecule has 0 aliphatic heterocycles. The van der Waals surface area contributed by atoms with Crippen molar-refractivity contribution in [1.29, 1.82) is 0 Å². The first kappa shape index (κ1) is 14.4. The molecule has 1 aliphatic rings. The van der Waals surface area contributed by atoms with Gasteiger partial charge >= 0.3 is 5.97 Å². The van der Waals surface area contributed by atoms with Gasteiger partial charge in [0.2, 0.25) is 0 Å². The van der Waals surface area contributed by atoms with Gasteiger partial charge in [0.05, 0.1) is 5.75 Å². The summed E-state index contributed by atoms with van der Waals surface area (Å²) in [6.45, 7) is 6.53. The lowest BCUT2D eigenvalue weighted by Crippen LogP contribution is -2.31. The average Bonchev–Trinajstić information content (AvgIpc) is 3.10. The molecule has 1 aromatic rings. The number of carbonyl (C=O) groups is 1. The van der Waals surface area contributed by atoms with Crippen LogP contribution in [-0.2, 0) is 16.8 Å². The Balaban J connectivity index is 2.29. The maximum absolute atomic E-state index is 10.7. The Morgan fingerprint density at radius 2 is 2.16 bits per heavy atom. The molecule has 0 amide bonds. The predicted molar refractivity (Wildman–Crippen MR) is 74.4 cm³/mol. The van der Waals surface area contributed by atoms with E-state index in [9.17, 15) is 4.79 Å². The quantitative estimate of drug-likeness (QED) is 0.779. The van der Waals surface area contributed by atoms with E-state index >= 15 is 0 Å². The smallest absolute Gasteiger partial charge is 0.313 e. The average molecular weight is 283 g/mol. The van der Waals surface area contributed by atoms with Crippen molar-refractivity contribution in [1.82, 2.24) is 14.8 Å². The van der Waals surface area contributed by atoms with Gasteiger partial charge in [-0.25, -0.2) is 0 Å². The third-order valence-electron chi connectivity index (χ3n) is 3.65. The highest BCUT2D eigenvalue weighted by Gasteiger charge is 2.41. The van der Waals surface area contributed by atoms with Crippen LogP contribution in [-0.4, -0.2) is 31.6 Å². The van der Waals surface area contributed by atoms with E-state index < -0.39 is 5.97 Å². The van der Waals surface area contributed by atoms with Crippen molar-refractivity contribution in [3.8, 4) is 0 Å². The highest BCUT2D eigenvalue weighted by Crippen LogP contribution is 2.45. The van der Waals surface area contributed by atoms with Gasteiger partial charge in [0.15, 0.2) is 5.16 Å². The standard InChI is InChI=1S/C13H21N3O2S/c1-4-5-10-14-15-12(19-8-11(17)18)16(10)13(2,3)9-6-7-9/h9H,4-8H2,1-3H3,(H,17,18). The molecule has 19 heavy (non-hydrogen) atoms. The molecule has 0 unspecified atom stereocenters. The normalized spacial score (nSPS) is 15.7. The fourth-order valence-corrected chi connectivity index (χ4v) is 3.28. The molecule has 0 aromatic carbocycles. The molecular formula is C13H21N3O2S. The summed E-state index contributed by atoms with van der Waals surface area (Å²) in [5.41, 5.74) is -0.0190. The topological polar surface area (TPSA) is 68.0 Å². The number of rotatable bonds is 7. The van der Waals surface area contributed by atoms with E-state index in [2.05, 4.69) is 35.5 Å². The van der Waals surface area contributed by atoms with Gasteiger partial charge in [-0.1, -0.05) is 18.7 Å². The first-order valence-corrected chi connectivity index (χ1v) is 7.74. The Bertz CT molecular complexity index is 466. The molecular weight excluding hydrogens is 262 g/mol. The summed E-state index contributed by atoms with van der Waals surface area (Å²) >= 11 is 1.26. The molecule has 2 rings (SSSR count). The zero-order valence-corrected chi connectivity index (χ0v) is 12.5. The lowest BCUT2D eigenvalue weighted by atomic mass is 9.98. The number of aryl methyl sites for hydroxylation is 1. The van der Waals surface area contributed by atoms with Crippen molar-refractivity contribution in [2.75, 3.05) is 5.75 Å². The van der Waals surface area contributed by atoms with Gasteiger partial charge in [0.25, 0.3) is 0 Å². The molecule has 0 saturated heterocycles. The summed E-state index contributed by atoms with van der Waals surface area (Å²) in [6.07, 6.45) is 4.37. The first-order chi connectivity index (χ1) is 8.96. The van der Waals surface area contributed by atoms with Crippen LogP contribution < -0.4 is 0 Å². The van der Waals surface area contributed by atoms with E-state index in [1.54, 1.807) is 0 Å². The summed E-state index contributed by atoms with van der Waals surface area (Å²) < 4.78 is 2.17. The minimum Gasteiger partial charge on any atom is -0.481 e. The van der Waals surface area contributed by atoms with Crippen LogP contribution in [0.4, 0.5) is 0 Å². The van der Waals surface area contributed by atoms with Crippen molar-refractivity contribution >= 4 is 17.7 Å². The number of hydrogen-bond acceptors (Lipinski definition) is 4. The Hall–Kier alpha value is -1.04. The Labute approximate surface area is 117 Å². The summed E-state index contributed by atoms with van der Waals surface area (Å²) in [5, 5.41) is 18.0. The lowest BCUT2D eigenvalue weighted by Gasteiger charge is -2.29. The molecule has 1 fully saturated rings. The van der Waals surface area contributed by atoms with Crippen molar-refractivity contribution in [3.63, 3.8) is 0 Å². The van der Waals surface area contributed by atoms with Crippen LogP contribution in [0.5, 0.6) is 0 Å². The third-order valence-corrected chi connectivity index (χ3v) is 4.57. The number of nitrogens with zero attached hydrogens (tertiary/aromatic N) is 3. The third kappa shape index (κ3) is 3.11. The van der Waals surface area contributed by atoms with Crippen LogP contribution in [0.25, 0.3) is 0 Å². The molecule has 0 radical (unpaired) electrons. The van der Waals surface area contributed by atoms with Crippen LogP contribution in [0.3, 0.4) is 0 Å². The molecule has 1 aliphatic carbocycles. The second-order valence-corrected chi connectivity index (χ2v) is 6.54. The van der Waals surface area contributed by atoms with Gasteiger partial charge in [-0.3, -0.25) is 4.79 Å². The Morgan fingerprint density at radius 3 is 2.68 bits per heavy atom. The number of hydrogen-bond donors (Lipinski definition) is 1. The summed E-state index contributed by atoms with van der Waals surface area (Å²) in [4.78, 5) is 10.7. The minimum absolute atomic E-state index is 0.0190. The molecule has 1 saturated carbocycles. The van der Waals surface area contributed by atoms with Gasteiger partial charge in [0.1, 0.15) is 5.82 Å². The van der Waals surface area contributed by atoms with Gasteiger partial charge in [-0.15, -0.1) is 10.2 Å². The van der Waals surface area contributed by atoms with Crippen LogP contribution in [0.1, 0.15) is 45.9 Å². The molecule has 1 aromatic heterocycles. The Morgan fingerprint density at radius 1 is 1.47 bits per heavy atom. The molecule has 0 spiro atoms. The van der Waals surface area contributed by atoms with Gasteiger partial charge in [0, 0.05) is 12.0 Å². The largest absolute Gasteiger partial charge is 0.481 e. The zero-order valence-electron chi connectivity index (χ0n) is 11.7. The summed E-state index contributed by atoms with van der Waals surface area (Å²) in [5.74, 6) is 0.849. The minimum atomic E-state index is -0.819. The maximum Gasteiger partial charge on any atom is 0.313 e. The van der Waals surface area contributed by atoms with Crippen molar-refractivity contribution < 1.29 is 9.90 Å². The molecule has 0 bridgehead atoms. The SMILES string of the molecule is CCCc1nnc(SCC(=O)O)n1C(C)(C)C1CC1. The molecule has 0 atom stereocenters. The van der Waals surface area contributed by atoms with Crippen molar-refractivity contribution in [3.05, 3.63) is 5.82 Å². The first-order valence-electron chi connectivity index (χ1n) is 6.76. The van der Waals surface area contributed by atoms with Gasteiger partial charge < -0.3 is 9.67 Å². The maximum atomic E-state index is 10.7. The molecule has 5 nitrogen and oxygen atoms in total. The number of carboxylic acid groups (broad SMARTS) is 1. The van der Waals surface area contributed by atoms with E-state index in [1.165, 1.54) is 24.6 Å². The molecule has 1 N–H and O–H groups in total. The number of carboxylic acids is 1. The van der Waals surface area contributed by atoms with Crippen LogP contribution >= 0.6 is 11.8 Å². The van der Waals surface area contributed by atoms with E-state index in [-0.39, 0.29) is 11.3 Å². The van der Waals surface area contributed by atoms with E-state index in [0.717, 1.165) is 23.8 Å². The van der Waals surface area contributed by atoms with Crippen LogP contribution in [0.2, 0.25) is 0 Å². The second-order valence-electron chi connectivity index (χ2n) is 5.59. The van der Waals surface area contributed by atoms with Crippen molar-refractivity contribution in [2.45, 2.75) is 57.1 Å². The highest BCUT2D eigenvalue weighted by molar-refractivity contribution is 7.99. The van der Waals surface area contributed by atoms with Gasteiger partial charge in [-0.05, 0) is 39.0 Å². The zero-order chi connectivity index (χ0) is 14.0. The summed E-state index contributed by atoms with van der Waals surface area (Å²) in [6, 6.07) is 0. The van der Waals surface area contributed by atoms with Crippen LogP contribution in [0.15, 0.2) is 5.16 Å². The van der Waals surface area contributed by atoms with E-state index in [4.69, 9.17) is 5.11 Å². The van der Waals surface area contributed by atoms with Crippen LogP contribution in [0, 0.1) is 5.92 Å². The van der Waals surface area contributed by atoms with E-state index in [1.807, 2.05) is 0 Å². The number of aromatic nitrogens is 3. The monoisotopic (exact) mass is 283 g/mol. The molecule has 106 valence electrons. The van der Waals surface area contributed by atoms with Gasteiger partial charge in [-0.2, -0.15) is 0 Å². The van der Waals surface area contributed by atoms with E-state index in [0.29, 0.717) is 5.92 Å². The Kier molecular flexibility index (Phi) is 4.18. The number of thioether (sulfide) groups is 1. The fraction of sp³-hybridized carbons (Fsp3) is 0.769. The highest BCUT2D eigenvalue weighted by atomic mass is 32.2. The van der Waals surface area contributed by atoms with Crippen molar-refractivity contribution in [2.24, 2.45) is 5.92 Å². The lowest BCUT2D eigenvalue weighted by molar-refractivity contribution is -0.133. The molecule has 6 heteroatoms. The summed E-state index contributed by atoms with van der Waals surface area (Å²) in [7, 11) is 0. The second kappa shape index (κ2) is 5.53. The molecule has 1 heterocycles. The predicted octanol–water partition coefficient (Wildman–Crippen LogP) is 2.55.